The van der Waals surface area contributed by atoms with E-state index in [4.69, 9.17) is 23.2 Å². The molecule has 0 radical (unpaired) electrons. The first-order valence-electron chi connectivity index (χ1n) is 4.93. The highest BCUT2D eigenvalue weighted by atomic mass is 35.5. The van der Waals surface area contributed by atoms with Crippen molar-refractivity contribution in [3.8, 4) is 0 Å². The van der Waals surface area contributed by atoms with Crippen LogP contribution in [0.25, 0.3) is 0 Å². The fraction of sp³-hybridized carbons (Fsp3) is 0.364. The second kappa shape index (κ2) is 4.42. The van der Waals surface area contributed by atoms with Gasteiger partial charge in [0.15, 0.2) is 0 Å². The van der Waals surface area contributed by atoms with Gasteiger partial charge in [0.2, 0.25) is 0 Å². The first-order chi connectivity index (χ1) is 7.20. The number of likely N-dealkylation sites (tertiary alicyclic amines) is 1. The fourth-order valence-corrected chi connectivity index (χ4v) is 2.14. The van der Waals surface area contributed by atoms with Crippen LogP contribution < -0.4 is 0 Å². The van der Waals surface area contributed by atoms with E-state index in [1.54, 1.807) is 18.2 Å². The molecule has 2 rings (SSSR count). The molecule has 80 valence electrons. The highest BCUT2D eigenvalue weighted by Crippen LogP contribution is 2.27. The Morgan fingerprint density at radius 3 is 2.53 bits per heavy atom. The van der Waals surface area contributed by atoms with Crippen LogP contribution in [0, 0.1) is 0 Å². The van der Waals surface area contributed by atoms with Gasteiger partial charge < -0.3 is 4.90 Å². The molecule has 0 aliphatic carbocycles. The second-order valence-electron chi connectivity index (χ2n) is 3.60. The SMILES string of the molecule is O=C(c1cccc(Cl)c1Cl)N1CCCC1. The van der Waals surface area contributed by atoms with Crippen LogP contribution in [0.2, 0.25) is 10.0 Å². The number of benzene rings is 1. The molecule has 0 spiro atoms. The lowest BCUT2D eigenvalue weighted by Gasteiger charge is -2.16. The molecule has 1 aliphatic heterocycles. The van der Waals surface area contributed by atoms with E-state index in [0.29, 0.717) is 15.6 Å². The standard InChI is InChI=1S/C11H11Cl2NO/c12-9-5-3-4-8(10(9)13)11(15)14-6-1-2-7-14/h3-5H,1-2,6-7H2. The lowest BCUT2D eigenvalue weighted by atomic mass is 10.2. The minimum Gasteiger partial charge on any atom is -0.339 e. The van der Waals surface area contributed by atoms with E-state index in [2.05, 4.69) is 0 Å². The molecule has 1 aliphatic rings. The third kappa shape index (κ3) is 2.11. The molecular formula is C11H11Cl2NO. The average Bonchev–Trinajstić information content (AvgIpc) is 2.74. The molecule has 0 unspecified atom stereocenters. The van der Waals surface area contributed by atoms with Gasteiger partial charge in [0.25, 0.3) is 5.91 Å². The number of nitrogens with zero attached hydrogens (tertiary/aromatic N) is 1. The van der Waals surface area contributed by atoms with Gasteiger partial charge in [-0.25, -0.2) is 0 Å². The minimum atomic E-state index is -0.0139. The van der Waals surface area contributed by atoms with Crippen LogP contribution in [0.4, 0.5) is 0 Å². The zero-order chi connectivity index (χ0) is 10.8. The predicted octanol–water partition coefficient (Wildman–Crippen LogP) is 3.23. The number of hydrogen-bond donors (Lipinski definition) is 0. The molecule has 1 saturated heterocycles. The molecule has 2 nitrogen and oxygen atoms in total. The molecule has 0 saturated carbocycles. The van der Waals surface area contributed by atoms with Crippen molar-refractivity contribution in [2.24, 2.45) is 0 Å². The van der Waals surface area contributed by atoms with Gasteiger partial charge in [0, 0.05) is 13.1 Å². The Bertz CT molecular complexity index is 386. The lowest BCUT2D eigenvalue weighted by Crippen LogP contribution is -2.27. The highest BCUT2D eigenvalue weighted by Gasteiger charge is 2.21. The third-order valence-electron chi connectivity index (χ3n) is 2.58. The normalized spacial score (nSPS) is 15.7. The largest absolute Gasteiger partial charge is 0.339 e. The Hall–Kier alpha value is -0.730. The maximum atomic E-state index is 12.0. The zero-order valence-electron chi connectivity index (χ0n) is 8.17. The van der Waals surface area contributed by atoms with Gasteiger partial charge in [0.1, 0.15) is 0 Å². The van der Waals surface area contributed by atoms with Gasteiger partial charge in [-0.2, -0.15) is 0 Å². The molecule has 1 fully saturated rings. The van der Waals surface area contributed by atoms with Crippen molar-refractivity contribution in [3.63, 3.8) is 0 Å². The fourth-order valence-electron chi connectivity index (χ4n) is 1.76. The van der Waals surface area contributed by atoms with Crippen molar-refractivity contribution >= 4 is 29.1 Å². The number of halogens is 2. The molecule has 1 aromatic rings. The zero-order valence-corrected chi connectivity index (χ0v) is 9.68. The Kier molecular flexibility index (Phi) is 3.17. The summed E-state index contributed by atoms with van der Waals surface area (Å²) in [5.41, 5.74) is 0.506. The topological polar surface area (TPSA) is 20.3 Å². The van der Waals surface area contributed by atoms with Crippen LogP contribution in [0.15, 0.2) is 18.2 Å². The van der Waals surface area contributed by atoms with Crippen LogP contribution in [0.1, 0.15) is 23.2 Å². The first kappa shape index (κ1) is 10.8. The van der Waals surface area contributed by atoms with Crippen LogP contribution in [0.5, 0.6) is 0 Å². The van der Waals surface area contributed by atoms with Gasteiger partial charge in [-0.05, 0) is 25.0 Å². The van der Waals surface area contributed by atoms with Crippen molar-refractivity contribution in [1.82, 2.24) is 4.90 Å². The Balaban J connectivity index is 2.28. The van der Waals surface area contributed by atoms with Crippen molar-refractivity contribution in [1.29, 1.82) is 0 Å². The van der Waals surface area contributed by atoms with Crippen LogP contribution >= 0.6 is 23.2 Å². The molecule has 0 N–H and O–H groups in total. The summed E-state index contributed by atoms with van der Waals surface area (Å²) < 4.78 is 0. The molecule has 1 amide bonds. The van der Waals surface area contributed by atoms with Crippen molar-refractivity contribution in [2.75, 3.05) is 13.1 Å². The molecule has 0 bridgehead atoms. The summed E-state index contributed by atoms with van der Waals surface area (Å²) in [7, 11) is 0. The van der Waals surface area contributed by atoms with E-state index in [9.17, 15) is 4.79 Å². The van der Waals surface area contributed by atoms with Gasteiger partial charge in [-0.1, -0.05) is 29.3 Å². The average molecular weight is 244 g/mol. The lowest BCUT2D eigenvalue weighted by molar-refractivity contribution is 0.0793. The number of amides is 1. The molecule has 0 atom stereocenters. The monoisotopic (exact) mass is 243 g/mol. The van der Waals surface area contributed by atoms with Crippen molar-refractivity contribution in [2.45, 2.75) is 12.8 Å². The van der Waals surface area contributed by atoms with Crippen molar-refractivity contribution < 1.29 is 4.79 Å². The molecule has 1 heterocycles. The Morgan fingerprint density at radius 1 is 1.20 bits per heavy atom. The Labute approximate surface area is 98.8 Å². The number of hydrogen-bond acceptors (Lipinski definition) is 1. The first-order valence-corrected chi connectivity index (χ1v) is 5.69. The van der Waals surface area contributed by atoms with Gasteiger partial charge in [0.05, 0.1) is 15.6 Å². The third-order valence-corrected chi connectivity index (χ3v) is 3.39. The summed E-state index contributed by atoms with van der Waals surface area (Å²) in [4.78, 5) is 13.8. The highest BCUT2D eigenvalue weighted by molar-refractivity contribution is 6.43. The number of carbonyl (C=O) groups is 1. The molecule has 0 aromatic heterocycles. The summed E-state index contributed by atoms with van der Waals surface area (Å²) in [5, 5.41) is 0.790. The van der Waals surface area contributed by atoms with Gasteiger partial charge in [-0.3, -0.25) is 4.79 Å². The van der Waals surface area contributed by atoms with E-state index < -0.39 is 0 Å². The molecular weight excluding hydrogens is 233 g/mol. The van der Waals surface area contributed by atoms with Gasteiger partial charge in [-0.15, -0.1) is 0 Å². The quantitative estimate of drug-likeness (QED) is 0.742. The van der Waals surface area contributed by atoms with E-state index in [-0.39, 0.29) is 5.91 Å². The summed E-state index contributed by atoms with van der Waals surface area (Å²) in [6.07, 6.45) is 2.15. The van der Waals surface area contributed by atoms with Crippen molar-refractivity contribution in [3.05, 3.63) is 33.8 Å². The smallest absolute Gasteiger partial charge is 0.255 e. The van der Waals surface area contributed by atoms with Crippen LogP contribution in [-0.4, -0.2) is 23.9 Å². The van der Waals surface area contributed by atoms with Crippen LogP contribution in [0.3, 0.4) is 0 Å². The summed E-state index contributed by atoms with van der Waals surface area (Å²) in [6, 6.07) is 5.15. The molecule has 15 heavy (non-hydrogen) atoms. The van der Waals surface area contributed by atoms with E-state index >= 15 is 0 Å². The van der Waals surface area contributed by atoms with Gasteiger partial charge >= 0.3 is 0 Å². The summed E-state index contributed by atoms with van der Waals surface area (Å²) in [6.45, 7) is 1.64. The number of rotatable bonds is 1. The minimum absolute atomic E-state index is 0.0139. The summed E-state index contributed by atoms with van der Waals surface area (Å²) >= 11 is 11.8. The Morgan fingerprint density at radius 2 is 1.87 bits per heavy atom. The van der Waals surface area contributed by atoms with Crippen LogP contribution in [-0.2, 0) is 0 Å². The number of carbonyl (C=O) groups excluding carboxylic acids is 1. The maximum absolute atomic E-state index is 12.0. The predicted molar refractivity (Wildman–Crippen MR) is 61.6 cm³/mol. The summed E-state index contributed by atoms with van der Waals surface area (Å²) in [5.74, 6) is -0.0139. The van der Waals surface area contributed by atoms with E-state index in [1.165, 1.54) is 0 Å². The van der Waals surface area contributed by atoms with E-state index in [0.717, 1.165) is 25.9 Å². The molecule has 1 aromatic carbocycles. The van der Waals surface area contributed by atoms with E-state index in [1.807, 2.05) is 4.90 Å². The molecule has 4 heteroatoms. The maximum Gasteiger partial charge on any atom is 0.255 e. The second-order valence-corrected chi connectivity index (χ2v) is 4.39.